The van der Waals surface area contributed by atoms with Crippen LogP contribution < -0.4 is 5.32 Å². The smallest absolute Gasteiger partial charge is 0.0598 e. The van der Waals surface area contributed by atoms with Crippen molar-refractivity contribution in [3.8, 4) is 12.3 Å². The van der Waals surface area contributed by atoms with Gasteiger partial charge in [0.2, 0.25) is 0 Å². The fourth-order valence-electron chi connectivity index (χ4n) is 3.50. The molecule has 2 heteroatoms. The van der Waals surface area contributed by atoms with Gasteiger partial charge in [-0.05, 0) is 44.1 Å². The van der Waals surface area contributed by atoms with Crippen LogP contribution in [0, 0.1) is 24.2 Å². The summed E-state index contributed by atoms with van der Waals surface area (Å²) in [6.07, 6.45) is 13.6. The second-order valence-corrected chi connectivity index (χ2v) is 6.30. The number of nitrogens with one attached hydrogen (secondary N) is 1. The van der Waals surface area contributed by atoms with E-state index in [0.29, 0.717) is 0 Å². The van der Waals surface area contributed by atoms with Crippen molar-refractivity contribution in [3.63, 3.8) is 0 Å². The second kappa shape index (κ2) is 7.16. The van der Waals surface area contributed by atoms with Crippen LogP contribution >= 0.6 is 0 Å². The molecule has 0 spiro atoms. The fraction of sp³-hybridized carbons (Fsp3) is 0.875. The molecule has 1 saturated heterocycles. The van der Waals surface area contributed by atoms with Gasteiger partial charge in [-0.15, -0.1) is 6.42 Å². The number of rotatable bonds is 4. The topological polar surface area (TPSA) is 15.3 Å². The lowest BCUT2D eigenvalue weighted by Crippen LogP contribution is -2.44. The minimum Gasteiger partial charge on any atom is -0.314 e. The molecular weight excluding hydrogens is 220 g/mol. The maximum Gasteiger partial charge on any atom is 0.0598 e. The molecule has 2 unspecified atom stereocenters. The number of piperidine rings is 1. The van der Waals surface area contributed by atoms with Crippen LogP contribution in [0.2, 0.25) is 0 Å². The number of hydrogen-bond acceptors (Lipinski definition) is 2. The molecule has 0 radical (unpaired) electrons. The molecule has 18 heavy (non-hydrogen) atoms. The monoisotopic (exact) mass is 248 g/mol. The Morgan fingerprint density at radius 2 is 2.00 bits per heavy atom. The van der Waals surface area contributed by atoms with Gasteiger partial charge in [0.1, 0.15) is 0 Å². The molecule has 1 saturated carbocycles. The molecule has 1 aliphatic carbocycles. The Morgan fingerprint density at radius 3 is 2.67 bits per heavy atom. The van der Waals surface area contributed by atoms with Crippen molar-refractivity contribution in [2.45, 2.75) is 51.5 Å². The summed E-state index contributed by atoms with van der Waals surface area (Å²) in [6.45, 7) is 6.81. The molecule has 0 aromatic carbocycles. The van der Waals surface area contributed by atoms with Gasteiger partial charge in [0.15, 0.2) is 0 Å². The van der Waals surface area contributed by atoms with E-state index in [0.717, 1.165) is 24.4 Å². The van der Waals surface area contributed by atoms with E-state index < -0.39 is 0 Å². The second-order valence-electron chi connectivity index (χ2n) is 6.30. The van der Waals surface area contributed by atoms with Crippen molar-refractivity contribution < 1.29 is 0 Å². The lowest BCUT2D eigenvalue weighted by atomic mass is 9.82. The molecule has 2 atom stereocenters. The van der Waals surface area contributed by atoms with Gasteiger partial charge in [-0.25, -0.2) is 0 Å². The van der Waals surface area contributed by atoms with Crippen molar-refractivity contribution in [3.05, 3.63) is 0 Å². The fourth-order valence-corrected chi connectivity index (χ4v) is 3.50. The van der Waals surface area contributed by atoms with Gasteiger partial charge in [-0.1, -0.05) is 25.7 Å². The molecule has 0 aromatic heterocycles. The summed E-state index contributed by atoms with van der Waals surface area (Å²) in [5.74, 6) is 4.62. The molecule has 2 aliphatic rings. The van der Waals surface area contributed by atoms with Crippen LogP contribution in [-0.2, 0) is 0 Å². The van der Waals surface area contributed by atoms with Crippen LogP contribution in [0.5, 0.6) is 0 Å². The Bertz CT molecular complexity index is 273. The SMILES string of the molecule is C#CCN1CCC(NCC2CCCC(C)C2)CC1. The van der Waals surface area contributed by atoms with Gasteiger partial charge in [0, 0.05) is 19.1 Å². The number of likely N-dealkylation sites (tertiary alicyclic amines) is 1. The highest BCUT2D eigenvalue weighted by Crippen LogP contribution is 2.28. The van der Waals surface area contributed by atoms with E-state index in [-0.39, 0.29) is 0 Å². The average Bonchev–Trinajstić information content (AvgIpc) is 2.38. The van der Waals surface area contributed by atoms with Crippen LogP contribution in [-0.4, -0.2) is 37.1 Å². The van der Waals surface area contributed by atoms with Gasteiger partial charge < -0.3 is 5.32 Å². The van der Waals surface area contributed by atoms with Gasteiger partial charge in [0.25, 0.3) is 0 Å². The molecule has 1 N–H and O–H groups in total. The number of terminal acetylenes is 1. The molecule has 2 nitrogen and oxygen atoms in total. The highest BCUT2D eigenvalue weighted by molar-refractivity contribution is 4.90. The maximum absolute atomic E-state index is 5.36. The van der Waals surface area contributed by atoms with E-state index in [1.807, 2.05) is 0 Å². The molecule has 0 bridgehead atoms. The zero-order valence-electron chi connectivity index (χ0n) is 11.8. The van der Waals surface area contributed by atoms with Crippen molar-refractivity contribution >= 4 is 0 Å². The van der Waals surface area contributed by atoms with Gasteiger partial charge >= 0.3 is 0 Å². The van der Waals surface area contributed by atoms with Crippen LogP contribution in [0.1, 0.15) is 45.4 Å². The van der Waals surface area contributed by atoms with Crippen molar-refractivity contribution in [2.24, 2.45) is 11.8 Å². The number of hydrogen-bond donors (Lipinski definition) is 1. The predicted octanol–water partition coefficient (Wildman–Crippen LogP) is 2.50. The van der Waals surface area contributed by atoms with E-state index in [4.69, 9.17) is 6.42 Å². The molecule has 102 valence electrons. The summed E-state index contributed by atoms with van der Waals surface area (Å²) < 4.78 is 0. The zero-order chi connectivity index (χ0) is 12.8. The lowest BCUT2D eigenvalue weighted by molar-refractivity contribution is 0.203. The minimum atomic E-state index is 0.733. The first-order valence-corrected chi connectivity index (χ1v) is 7.67. The van der Waals surface area contributed by atoms with Gasteiger partial charge in [-0.2, -0.15) is 0 Å². The molecule has 0 aromatic rings. The summed E-state index contributed by atoms with van der Waals surface area (Å²) >= 11 is 0. The van der Waals surface area contributed by atoms with Crippen molar-refractivity contribution in [1.29, 1.82) is 0 Å². The third-order valence-corrected chi connectivity index (χ3v) is 4.64. The molecule has 2 rings (SSSR count). The summed E-state index contributed by atoms with van der Waals surface area (Å²) in [5, 5.41) is 3.80. The van der Waals surface area contributed by atoms with Crippen LogP contribution in [0.25, 0.3) is 0 Å². The van der Waals surface area contributed by atoms with Crippen LogP contribution in [0.3, 0.4) is 0 Å². The first-order chi connectivity index (χ1) is 8.78. The molecule has 0 amide bonds. The normalized spacial score (nSPS) is 31.1. The lowest BCUT2D eigenvalue weighted by Gasteiger charge is -2.33. The van der Waals surface area contributed by atoms with Crippen molar-refractivity contribution in [1.82, 2.24) is 10.2 Å². The molecule has 2 fully saturated rings. The van der Waals surface area contributed by atoms with Crippen LogP contribution in [0.4, 0.5) is 0 Å². The summed E-state index contributed by atoms with van der Waals surface area (Å²) in [4.78, 5) is 2.39. The summed E-state index contributed by atoms with van der Waals surface area (Å²) in [6, 6.07) is 0.733. The Labute approximate surface area is 113 Å². The van der Waals surface area contributed by atoms with Gasteiger partial charge in [-0.3, -0.25) is 4.90 Å². The third-order valence-electron chi connectivity index (χ3n) is 4.64. The molecule has 1 heterocycles. The first kappa shape index (κ1) is 13.9. The quantitative estimate of drug-likeness (QED) is 0.769. The average molecular weight is 248 g/mol. The third kappa shape index (κ3) is 4.30. The predicted molar refractivity (Wildman–Crippen MR) is 77.4 cm³/mol. The number of nitrogens with zero attached hydrogens (tertiary/aromatic N) is 1. The minimum absolute atomic E-state index is 0.733. The molecule has 1 aliphatic heterocycles. The zero-order valence-corrected chi connectivity index (χ0v) is 11.8. The maximum atomic E-state index is 5.36. The largest absolute Gasteiger partial charge is 0.314 e. The van der Waals surface area contributed by atoms with E-state index >= 15 is 0 Å². The van der Waals surface area contributed by atoms with E-state index in [1.54, 1.807) is 0 Å². The standard InChI is InChI=1S/C16H28N2/c1-3-9-18-10-7-16(8-11-18)17-13-15-6-4-5-14(2)12-15/h1,14-17H,4-13H2,2H3. The van der Waals surface area contributed by atoms with E-state index in [2.05, 4.69) is 23.1 Å². The highest BCUT2D eigenvalue weighted by atomic mass is 15.1. The summed E-state index contributed by atoms with van der Waals surface area (Å²) in [7, 11) is 0. The Kier molecular flexibility index (Phi) is 5.53. The molecular formula is C16H28N2. The van der Waals surface area contributed by atoms with Crippen LogP contribution in [0.15, 0.2) is 0 Å². The van der Waals surface area contributed by atoms with E-state index in [1.165, 1.54) is 58.2 Å². The Morgan fingerprint density at radius 1 is 1.22 bits per heavy atom. The summed E-state index contributed by atoms with van der Waals surface area (Å²) in [5.41, 5.74) is 0. The van der Waals surface area contributed by atoms with Gasteiger partial charge in [0.05, 0.1) is 6.54 Å². The first-order valence-electron chi connectivity index (χ1n) is 7.67. The Balaban J connectivity index is 1.61. The Hall–Kier alpha value is -0.520. The van der Waals surface area contributed by atoms with Crippen molar-refractivity contribution in [2.75, 3.05) is 26.2 Å². The van der Waals surface area contributed by atoms with E-state index in [9.17, 15) is 0 Å². The highest BCUT2D eigenvalue weighted by Gasteiger charge is 2.22.